The number of hydrogen-bond acceptors (Lipinski definition) is 10. The van der Waals surface area contributed by atoms with Gasteiger partial charge in [-0.2, -0.15) is 0 Å². The molecule has 0 aromatic heterocycles. The van der Waals surface area contributed by atoms with Crippen molar-refractivity contribution >= 4 is 17.5 Å². The van der Waals surface area contributed by atoms with E-state index in [1.165, 1.54) is 18.2 Å². The number of nitrogens with one attached hydrogen (secondary N) is 2. The minimum atomic E-state index is -1.05. The molecule has 2 aliphatic heterocycles. The number of non-ortho nitro benzene ring substituents is 1. The number of carbonyl (C=O) groups is 2. The molecule has 224 valence electrons. The Morgan fingerprint density at radius 1 is 1.21 bits per heavy atom. The van der Waals surface area contributed by atoms with E-state index in [0.29, 0.717) is 37.2 Å². The van der Waals surface area contributed by atoms with Crippen LogP contribution in [0.3, 0.4) is 0 Å². The number of rotatable bonds is 10. The summed E-state index contributed by atoms with van der Waals surface area (Å²) in [4.78, 5) is 37.6. The third kappa shape index (κ3) is 4.52. The minimum absolute atomic E-state index is 0.0344. The van der Waals surface area contributed by atoms with Crippen molar-refractivity contribution < 1.29 is 38.9 Å². The molecule has 13 heteroatoms. The largest absolute Gasteiger partial charge is 0.504 e. The van der Waals surface area contributed by atoms with E-state index in [9.17, 15) is 29.9 Å². The molecule has 6 rings (SSSR count). The lowest BCUT2D eigenvalue weighted by Crippen LogP contribution is -2.77. The van der Waals surface area contributed by atoms with Gasteiger partial charge in [0.2, 0.25) is 11.8 Å². The minimum Gasteiger partial charge on any atom is -0.504 e. The van der Waals surface area contributed by atoms with E-state index in [4.69, 9.17) is 14.2 Å². The molecule has 0 radical (unpaired) electrons. The lowest BCUT2D eigenvalue weighted by Gasteiger charge is -2.63. The number of likely N-dealkylation sites (tertiary alicyclic amines) is 1. The van der Waals surface area contributed by atoms with Gasteiger partial charge in [-0.05, 0) is 57.0 Å². The Hall–Kier alpha value is -3.94. The Labute approximate surface area is 241 Å². The van der Waals surface area contributed by atoms with E-state index in [-0.39, 0.29) is 43.8 Å². The summed E-state index contributed by atoms with van der Waals surface area (Å²) in [6, 6.07) is 8.79. The maximum Gasteiger partial charge on any atom is 0.273 e. The molecule has 1 spiro atoms. The van der Waals surface area contributed by atoms with Gasteiger partial charge in [0.15, 0.2) is 11.5 Å². The van der Waals surface area contributed by atoms with Crippen LogP contribution in [-0.2, 0) is 26.2 Å². The number of nitrogens with zero attached hydrogens (tertiary/aromatic N) is 2. The lowest BCUT2D eigenvalue weighted by molar-refractivity contribution is -0.384. The zero-order valence-electron chi connectivity index (χ0n) is 23.2. The van der Waals surface area contributed by atoms with Crippen molar-refractivity contribution in [3.63, 3.8) is 0 Å². The van der Waals surface area contributed by atoms with Crippen LogP contribution in [0.15, 0.2) is 36.4 Å². The molecule has 2 heterocycles. The highest BCUT2D eigenvalue weighted by Gasteiger charge is 2.72. The molecular formula is C29H34N4O9. The Bertz CT molecular complexity index is 1420. The van der Waals surface area contributed by atoms with Crippen LogP contribution in [0.2, 0.25) is 0 Å². The van der Waals surface area contributed by atoms with Crippen molar-refractivity contribution in [1.82, 2.24) is 15.5 Å². The number of hydrogen-bond donors (Lipinski definition) is 4. The van der Waals surface area contributed by atoms with Crippen LogP contribution in [0.25, 0.3) is 0 Å². The third-order valence-corrected chi connectivity index (χ3v) is 9.26. The van der Waals surface area contributed by atoms with Crippen molar-refractivity contribution in [3.05, 3.63) is 57.6 Å². The molecule has 1 saturated carbocycles. The molecule has 2 fully saturated rings. The summed E-state index contributed by atoms with van der Waals surface area (Å²) in [6.07, 6.45) is 1.73. The highest BCUT2D eigenvalue weighted by molar-refractivity contribution is 5.80. The SMILES string of the molecule is CN1CC[C@]23c4c5ccc(O)c4O[C@H]2[C@@H](NC(=O)COCC(=O)NCCOc2cccc([N+](=O)[O-])c2)CC[C@@]3(O)[C@H]1C5. The predicted molar refractivity (Wildman–Crippen MR) is 147 cm³/mol. The molecule has 1 saturated heterocycles. The smallest absolute Gasteiger partial charge is 0.273 e. The molecular weight excluding hydrogens is 548 g/mol. The summed E-state index contributed by atoms with van der Waals surface area (Å²) in [6.45, 7) is 0.328. The summed E-state index contributed by atoms with van der Waals surface area (Å²) < 4.78 is 17.1. The van der Waals surface area contributed by atoms with Gasteiger partial charge in [-0.3, -0.25) is 19.7 Å². The number of phenolic OH excluding ortho intramolecular Hbond substituents is 1. The van der Waals surface area contributed by atoms with Gasteiger partial charge in [0, 0.05) is 17.7 Å². The van der Waals surface area contributed by atoms with Gasteiger partial charge >= 0.3 is 0 Å². The van der Waals surface area contributed by atoms with Gasteiger partial charge in [-0.25, -0.2) is 0 Å². The second-order valence-electron chi connectivity index (χ2n) is 11.5. The number of nitro benzene ring substituents is 1. The molecule has 42 heavy (non-hydrogen) atoms. The zero-order valence-corrected chi connectivity index (χ0v) is 23.2. The van der Waals surface area contributed by atoms with Crippen molar-refractivity contribution in [2.24, 2.45) is 0 Å². The fourth-order valence-electron chi connectivity index (χ4n) is 7.48. The number of likely N-dealkylation sites (N-methyl/N-ethyl adjacent to an activating group) is 1. The molecule has 4 aliphatic rings. The second-order valence-corrected chi connectivity index (χ2v) is 11.5. The molecule has 0 unspecified atom stereocenters. The Morgan fingerprint density at radius 3 is 2.83 bits per heavy atom. The summed E-state index contributed by atoms with van der Waals surface area (Å²) in [5.41, 5.74) is 0.0538. The zero-order chi connectivity index (χ0) is 29.6. The number of benzene rings is 2. The number of aliphatic hydroxyl groups is 1. The van der Waals surface area contributed by atoms with Crippen molar-refractivity contribution in [2.75, 3.05) is 40.0 Å². The van der Waals surface area contributed by atoms with Crippen molar-refractivity contribution in [3.8, 4) is 17.2 Å². The first kappa shape index (κ1) is 28.2. The predicted octanol–water partition coefficient (Wildman–Crippen LogP) is 0.781. The standard InChI is InChI=1S/C29H34N4O9/c1-32-11-9-28-25-17-5-6-21(34)26(25)42-27(28)20(7-8-29(28,37)22(32)13-17)31-24(36)16-40-15-23(35)30-10-12-41-19-4-2-3-18(14-19)33(38)39/h2-6,14,20,22,27,34,37H,7-13,15-16H2,1H3,(H,30,35)(H,31,36)/t20-,22+,27-,28-,29+/m0/s1. The number of ether oxygens (including phenoxy) is 3. The Balaban J connectivity index is 1.01. The maximum atomic E-state index is 12.9. The molecule has 2 bridgehead atoms. The normalized spacial score (nSPS) is 28.8. The van der Waals surface area contributed by atoms with Gasteiger partial charge < -0.3 is 40.0 Å². The number of carbonyl (C=O) groups excluding carboxylic acids is 2. The maximum absolute atomic E-state index is 12.9. The first-order valence-corrected chi connectivity index (χ1v) is 14.1. The van der Waals surface area contributed by atoms with Gasteiger partial charge in [-0.1, -0.05) is 12.1 Å². The fourth-order valence-corrected chi connectivity index (χ4v) is 7.48. The van der Waals surface area contributed by atoms with Crippen molar-refractivity contribution in [1.29, 1.82) is 0 Å². The van der Waals surface area contributed by atoms with Crippen LogP contribution < -0.4 is 20.1 Å². The highest BCUT2D eigenvalue weighted by Crippen LogP contribution is 2.65. The van der Waals surface area contributed by atoms with Crippen LogP contribution in [-0.4, -0.2) is 95.6 Å². The number of amides is 2. The van der Waals surface area contributed by atoms with E-state index in [1.807, 2.05) is 13.1 Å². The average molecular weight is 583 g/mol. The molecule has 2 aromatic carbocycles. The molecule has 2 aromatic rings. The quantitative estimate of drug-likeness (QED) is 0.178. The number of phenols is 1. The van der Waals surface area contributed by atoms with Gasteiger partial charge in [-0.15, -0.1) is 0 Å². The van der Waals surface area contributed by atoms with Gasteiger partial charge in [0.1, 0.15) is 31.7 Å². The highest BCUT2D eigenvalue weighted by atomic mass is 16.6. The van der Waals surface area contributed by atoms with E-state index in [2.05, 4.69) is 15.5 Å². The van der Waals surface area contributed by atoms with E-state index < -0.39 is 39.9 Å². The average Bonchev–Trinajstić information content (AvgIpc) is 3.32. The first-order chi connectivity index (χ1) is 20.1. The van der Waals surface area contributed by atoms with Crippen LogP contribution in [0.5, 0.6) is 17.2 Å². The number of piperidine rings is 1. The van der Waals surface area contributed by atoms with Crippen LogP contribution >= 0.6 is 0 Å². The van der Waals surface area contributed by atoms with Crippen LogP contribution in [0.1, 0.15) is 30.4 Å². The lowest BCUT2D eigenvalue weighted by atomic mass is 9.48. The number of nitro groups is 1. The second kappa shape index (κ2) is 10.7. The Kier molecular flexibility index (Phi) is 7.19. The summed E-state index contributed by atoms with van der Waals surface area (Å²) in [5.74, 6) is -0.0939. The topological polar surface area (TPSA) is 173 Å². The summed E-state index contributed by atoms with van der Waals surface area (Å²) in [5, 5.41) is 39.3. The fraction of sp³-hybridized carbons (Fsp3) is 0.517. The third-order valence-electron chi connectivity index (χ3n) is 9.26. The molecule has 13 nitrogen and oxygen atoms in total. The first-order valence-electron chi connectivity index (χ1n) is 14.1. The Morgan fingerprint density at radius 2 is 2.02 bits per heavy atom. The van der Waals surface area contributed by atoms with Gasteiger partial charge in [0.05, 0.1) is 34.6 Å². The van der Waals surface area contributed by atoms with E-state index in [0.717, 1.165) is 17.7 Å². The molecule has 2 amide bonds. The van der Waals surface area contributed by atoms with E-state index >= 15 is 0 Å². The molecule has 4 N–H and O–H groups in total. The van der Waals surface area contributed by atoms with Crippen LogP contribution in [0, 0.1) is 10.1 Å². The van der Waals surface area contributed by atoms with Crippen LogP contribution in [0.4, 0.5) is 5.69 Å². The number of aromatic hydroxyl groups is 1. The molecule has 5 atom stereocenters. The van der Waals surface area contributed by atoms with E-state index in [1.54, 1.807) is 12.1 Å². The summed E-state index contributed by atoms with van der Waals surface area (Å²) in [7, 11) is 2.03. The monoisotopic (exact) mass is 582 g/mol. The molecule has 2 aliphatic carbocycles. The summed E-state index contributed by atoms with van der Waals surface area (Å²) >= 11 is 0. The van der Waals surface area contributed by atoms with Crippen molar-refractivity contribution in [2.45, 2.75) is 54.9 Å². The van der Waals surface area contributed by atoms with Gasteiger partial charge in [0.25, 0.3) is 5.69 Å².